The summed E-state index contributed by atoms with van der Waals surface area (Å²) in [6.07, 6.45) is 1.40. The van der Waals surface area contributed by atoms with Crippen molar-refractivity contribution in [3.05, 3.63) is 93.8 Å². The van der Waals surface area contributed by atoms with Crippen LogP contribution in [0.1, 0.15) is 20.8 Å². The summed E-state index contributed by atoms with van der Waals surface area (Å²) in [7, 11) is -2.62. The number of ether oxygens (including phenoxy) is 1. The normalized spacial score (nSPS) is 19.0. The lowest BCUT2D eigenvalue weighted by atomic mass is 10.2. The van der Waals surface area contributed by atoms with Gasteiger partial charge in [-0.15, -0.1) is 11.8 Å². The van der Waals surface area contributed by atoms with Crippen molar-refractivity contribution >= 4 is 30.5 Å². The molecule has 2 aromatic carbocycles. The number of rotatable bonds is 7. The lowest BCUT2D eigenvalue weighted by molar-refractivity contribution is 0.0295. The molecule has 6 nitrogen and oxygen atoms in total. The van der Waals surface area contributed by atoms with Gasteiger partial charge in [0, 0.05) is 18.0 Å². The number of aromatic amines is 1. The van der Waals surface area contributed by atoms with Crippen LogP contribution in [0.3, 0.4) is 0 Å². The van der Waals surface area contributed by atoms with Crippen LogP contribution >= 0.6 is 11.8 Å². The predicted molar refractivity (Wildman–Crippen MR) is 136 cm³/mol. The van der Waals surface area contributed by atoms with Crippen LogP contribution in [0.25, 0.3) is 0 Å². The zero-order chi connectivity index (χ0) is 23.5. The number of thioether (sulfide) groups is 1. The number of nitrogens with one attached hydrogen (secondary N) is 1. The monoisotopic (exact) mass is 482 g/mol. The van der Waals surface area contributed by atoms with Crippen LogP contribution in [0.4, 0.5) is 0 Å². The van der Waals surface area contributed by atoms with Crippen LogP contribution in [0, 0.1) is 0 Å². The van der Waals surface area contributed by atoms with E-state index in [0.29, 0.717) is 13.2 Å². The summed E-state index contributed by atoms with van der Waals surface area (Å²) >= 11 is 1.71. The van der Waals surface area contributed by atoms with E-state index in [-0.39, 0.29) is 16.6 Å². The maximum absolute atomic E-state index is 12.0. The summed E-state index contributed by atoms with van der Waals surface area (Å²) in [6, 6.07) is 22.5. The first kappa shape index (κ1) is 23.8. The fourth-order valence-electron chi connectivity index (χ4n) is 4.45. The molecule has 2 heterocycles. The van der Waals surface area contributed by atoms with Crippen LogP contribution in [-0.2, 0) is 15.7 Å². The number of benzene rings is 2. The Morgan fingerprint density at radius 3 is 2.18 bits per heavy atom. The smallest absolute Gasteiger partial charge is 0.328 e. The van der Waals surface area contributed by atoms with Gasteiger partial charge < -0.3 is 9.16 Å². The molecule has 33 heavy (non-hydrogen) atoms. The second kappa shape index (κ2) is 9.85. The van der Waals surface area contributed by atoms with Gasteiger partial charge in [-0.25, -0.2) is 4.79 Å². The molecule has 174 valence electrons. The molecule has 1 saturated heterocycles. The third-order valence-electron chi connectivity index (χ3n) is 5.96. The summed E-state index contributed by atoms with van der Waals surface area (Å²) in [5.41, 5.74) is -0.923. The van der Waals surface area contributed by atoms with E-state index < -0.39 is 19.6 Å². The number of nitrogens with zero attached hydrogens (tertiary/aromatic N) is 1. The fraction of sp³-hybridized carbons (Fsp3) is 0.360. The van der Waals surface area contributed by atoms with Crippen molar-refractivity contribution in [2.24, 2.45) is 0 Å². The Labute approximate surface area is 199 Å². The van der Waals surface area contributed by atoms with Crippen LogP contribution in [0.5, 0.6) is 0 Å². The Morgan fingerprint density at radius 2 is 1.64 bits per heavy atom. The third kappa shape index (κ3) is 5.09. The van der Waals surface area contributed by atoms with Crippen molar-refractivity contribution in [3.8, 4) is 0 Å². The van der Waals surface area contributed by atoms with Crippen molar-refractivity contribution in [1.29, 1.82) is 0 Å². The summed E-state index contributed by atoms with van der Waals surface area (Å²) in [5.74, 6) is 0.764. The highest BCUT2D eigenvalue weighted by atomic mass is 32.2. The minimum absolute atomic E-state index is 0.0956. The Hall–Kier alpha value is -2.39. The van der Waals surface area contributed by atoms with Crippen molar-refractivity contribution in [2.75, 3.05) is 12.4 Å². The van der Waals surface area contributed by atoms with Crippen LogP contribution in [0.15, 0.2) is 82.5 Å². The Bertz CT molecular complexity index is 1140. The van der Waals surface area contributed by atoms with E-state index in [1.165, 1.54) is 27.2 Å². The van der Waals surface area contributed by atoms with Gasteiger partial charge in [0.2, 0.25) is 0 Å². The first-order valence-electron chi connectivity index (χ1n) is 11.1. The highest BCUT2D eigenvalue weighted by Crippen LogP contribution is 2.38. The molecule has 1 fully saturated rings. The zero-order valence-corrected chi connectivity index (χ0v) is 21.0. The zero-order valence-electron chi connectivity index (χ0n) is 19.2. The quantitative estimate of drug-likeness (QED) is 0.524. The average Bonchev–Trinajstić information content (AvgIpc) is 3.24. The van der Waals surface area contributed by atoms with Crippen molar-refractivity contribution in [2.45, 2.75) is 43.9 Å². The molecule has 0 bridgehead atoms. The van der Waals surface area contributed by atoms with Gasteiger partial charge in [-0.05, 0) is 15.4 Å². The third-order valence-corrected chi connectivity index (χ3v) is 12.2. The molecule has 1 aliphatic heterocycles. The lowest BCUT2D eigenvalue weighted by Gasteiger charge is -2.43. The van der Waals surface area contributed by atoms with Gasteiger partial charge in [0.05, 0.1) is 19.3 Å². The molecular weight excluding hydrogens is 452 g/mol. The van der Waals surface area contributed by atoms with Crippen LogP contribution in [-0.4, -0.2) is 41.8 Å². The van der Waals surface area contributed by atoms with Gasteiger partial charge in [0.25, 0.3) is 13.9 Å². The Morgan fingerprint density at radius 1 is 1.03 bits per heavy atom. The molecule has 0 spiro atoms. The molecule has 0 amide bonds. The van der Waals surface area contributed by atoms with E-state index in [1.54, 1.807) is 11.8 Å². The highest BCUT2D eigenvalue weighted by molar-refractivity contribution is 8.00. The molecule has 0 unspecified atom stereocenters. The molecule has 0 aliphatic carbocycles. The second-order valence-electron chi connectivity index (χ2n) is 9.26. The number of hydrogen-bond acceptors (Lipinski definition) is 5. The van der Waals surface area contributed by atoms with E-state index >= 15 is 0 Å². The number of aromatic nitrogens is 2. The summed E-state index contributed by atoms with van der Waals surface area (Å²) in [4.78, 5) is 25.6. The van der Waals surface area contributed by atoms with Gasteiger partial charge >= 0.3 is 5.69 Å². The van der Waals surface area contributed by atoms with Gasteiger partial charge in [-0.2, -0.15) is 0 Å². The maximum atomic E-state index is 12.0. The summed E-state index contributed by atoms with van der Waals surface area (Å²) in [5, 5.41) is 2.38. The molecule has 2 atom stereocenters. The fourth-order valence-corrected chi connectivity index (χ4v) is 10.1. The molecule has 1 aromatic heterocycles. The van der Waals surface area contributed by atoms with E-state index in [1.807, 2.05) is 12.1 Å². The molecule has 3 aromatic rings. The van der Waals surface area contributed by atoms with E-state index in [0.717, 1.165) is 5.75 Å². The van der Waals surface area contributed by atoms with Crippen LogP contribution in [0.2, 0.25) is 5.04 Å². The van der Waals surface area contributed by atoms with Crippen molar-refractivity contribution in [1.82, 2.24) is 9.55 Å². The first-order chi connectivity index (χ1) is 15.8. The number of H-pyrrole nitrogens is 1. The lowest BCUT2D eigenvalue weighted by Crippen LogP contribution is -2.67. The van der Waals surface area contributed by atoms with E-state index in [4.69, 9.17) is 9.16 Å². The van der Waals surface area contributed by atoms with Crippen molar-refractivity contribution < 1.29 is 9.16 Å². The van der Waals surface area contributed by atoms with E-state index in [2.05, 4.69) is 74.3 Å². The van der Waals surface area contributed by atoms with E-state index in [9.17, 15) is 9.59 Å². The predicted octanol–water partition coefficient (Wildman–Crippen LogP) is 2.57. The van der Waals surface area contributed by atoms with Crippen molar-refractivity contribution in [3.63, 3.8) is 0 Å². The van der Waals surface area contributed by atoms with Gasteiger partial charge in [0.15, 0.2) is 0 Å². The molecule has 4 rings (SSSR count). The highest BCUT2D eigenvalue weighted by Gasteiger charge is 2.50. The minimum Gasteiger partial charge on any atom is -0.404 e. The molecule has 1 N–H and O–H groups in total. The van der Waals surface area contributed by atoms with Gasteiger partial charge in [-0.1, -0.05) is 81.4 Å². The maximum Gasteiger partial charge on any atom is 0.328 e. The Balaban J connectivity index is 1.54. The summed E-state index contributed by atoms with van der Waals surface area (Å²) in [6.45, 7) is 7.64. The topological polar surface area (TPSA) is 73.3 Å². The molecule has 0 saturated carbocycles. The Kier molecular flexibility index (Phi) is 7.09. The molecular formula is C25H30N2O4SSi. The molecule has 0 radical (unpaired) electrons. The van der Waals surface area contributed by atoms with Gasteiger partial charge in [0.1, 0.15) is 5.44 Å². The minimum atomic E-state index is -2.62. The first-order valence-corrected chi connectivity index (χ1v) is 14.1. The summed E-state index contributed by atoms with van der Waals surface area (Å²) < 4.78 is 14.7. The standard InChI is InChI=1S/C25H30N2O4SSi/c1-25(2,3)33(20-10-6-4-7-11-20,21-12-8-5-9-13-21)30-17-23-31-19(18-32-23)16-27-15-14-22(28)26-24(27)29/h4-15,19,23H,16-18H2,1-3H3,(H,26,28,29)/t19-,23-/m1/s1. The average molecular weight is 483 g/mol. The van der Waals surface area contributed by atoms with Crippen LogP contribution < -0.4 is 21.6 Å². The SMILES string of the molecule is CC(C)(C)[Si](OC[C@@H]1O[C@H](Cn2ccc(=O)[nH]c2=O)CS1)(c1ccccc1)c1ccccc1. The largest absolute Gasteiger partial charge is 0.404 e. The molecule has 8 heteroatoms. The number of hydrogen-bond donors (Lipinski definition) is 1. The molecule has 1 aliphatic rings. The second-order valence-corrected chi connectivity index (χ2v) is 14.8. The van der Waals surface area contributed by atoms with Gasteiger partial charge in [-0.3, -0.25) is 14.3 Å².